The summed E-state index contributed by atoms with van der Waals surface area (Å²) < 4.78 is 17.5. The third-order valence-corrected chi connectivity index (χ3v) is 2.59. The highest BCUT2D eigenvalue weighted by Gasteiger charge is 2.30. The van der Waals surface area contributed by atoms with E-state index in [1.54, 1.807) is 6.07 Å². The number of nitrogens with one attached hydrogen (secondary N) is 1. The highest BCUT2D eigenvalue weighted by Crippen LogP contribution is 2.23. The van der Waals surface area contributed by atoms with Gasteiger partial charge in [0.25, 0.3) is 0 Å². The van der Waals surface area contributed by atoms with Gasteiger partial charge >= 0.3 is 5.97 Å². The Balaban J connectivity index is 2.97. The van der Waals surface area contributed by atoms with Crippen LogP contribution in [0.5, 0.6) is 0 Å². The molecule has 0 aliphatic rings. The number of esters is 1. The van der Waals surface area contributed by atoms with Crippen molar-refractivity contribution in [3.8, 4) is 0 Å². The minimum Gasteiger partial charge on any atom is -0.469 e. The van der Waals surface area contributed by atoms with E-state index in [1.807, 2.05) is 13.8 Å². The minimum absolute atomic E-state index is 0.149. The van der Waals surface area contributed by atoms with E-state index in [0.717, 1.165) is 6.20 Å². The lowest BCUT2D eigenvalue weighted by Gasteiger charge is -2.28. The fraction of sp³-hybridized carbons (Fsp3) is 0.500. The molecule has 5 heteroatoms. The van der Waals surface area contributed by atoms with Crippen molar-refractivity contribution in [3.63, 3.8) is 0 Å². The average Bonchev–Trinajstić information content (AvgIpc) is 2.29. The number of rotatable bonds is 5. The number of aromatic nitrogens is 1. The zero-order chi connectivity index (χ0) is 12.9. The highest BCUT2D eigenvalue weighted by atomic mass is 19.1. The number of carbonyl (C=O) groups excluding carboxylic acids is 1. The molecule has 0 spiro atoms. The van der Waals surface area contributed by atoms with Crippen LogP contribution in [0, 0.1) is 5.82 Å². The van der Waals surface area contributed by atoms with Crippen molar-refractivity contribution in [3.05, 3.63) is 29.8 Å². The van der Waals surface area contributed by atoms with Gasteiger partial charge in [0.2, 0.25) is 0 Å². The summed E-state index contributed by atoms with van der Waals surface area (Å²) in [6.07, 6.45) is 1.29. The van der Waals surface area contributed by atoms with Crippen LogP contribution in [0.15, 0.2) is 18.3 Å². The van der Waals surface area contributed by atoms with Crippen molar-refractivity contribution >= 4 is 5.97 Å². The maximum absolute atomic E-state index is 12.8. The fourth-order valence-electron chi connectivity index (χ4n) is 1.70. The first-order valence-corrected chi connectivity index (χ1v) is 5.45. The molecule has 1 rings (SSSR count). The molecule has 94 valence electrons. The van der Waals surface area contributed by atoms with Gasteiger partial charge in [-0.25, -0.2) is 4.39 Å². The molecule has 17 heavy (non-hydrogen) atoms. The molecule has 4 nitrogen and oxygen atoms in total. The Bertz CT molecular complexity index is 381. The van der Waals surface area contributed by atoms with Crippen LogP contribution in [-0.2, 0) is 15.1 Å². The number of pyridine rings is 1. The number of carbonyl (C=O) groups is 1. The monoisotopic (exact) mass is 240 g/mol. The van der Waals surface area contributed by atoms with Gasteiger partial charge in [0.15, 0.2) is 0 Å². The standard InChI is InChI=1S/C12H17FN2O2/c1-4-15-12(2,7-11(16)17-3)10-6-5-9(13)8-14-10/h5-6,8,15H,4,7H2,1-3H3. The predicted molar refractivity (Wildman–Crippen MR) is 61.9 cm³/mol. The number of methoxy groups -OCH3 is 1. The number of halogens is 1. The van der Waals surface area contributed by atoms with E-state index in [-0.39, 0.29) is 12.4 Å². The molecular formula is C12H17FN2O2. The van der Waals surface area contributed by atoms with Crippen LogP contribution >= 0.6 is 0 Å². The molecule has 0 bridgehead atoms. The summed E-state index contributed by atoms with van der Waals surface area (Å²) in [7, 11) is 1.34. The van der Waals surface area contributed by atoms with Gasteiger partial charge in [-0.2, -0.15) is 0 Å². The van der Waals surface area contributed by atoms with Crippen molar-refractivity contribution in [1.29, 1.82) is 0 Å². The second-order valence-electron chi connectivity index (χ2n) is 3.98. The maximum Gasteiger partial charge on any atom is 0.307 e. The number of ether oxygens (including phenoxy) is 1. The van der Waals surface area contributed by atoms with Crippen LogP contribution in [0.4, 0.5) is 4.39 Å². The van der Waals surface area contributed by atoms with E-state index in [0.29, 0.717) is 12.2 Å². The first-order valence-electron chi connectivity index (χ1n) is 5.45. The molecule has 1 N–H and O–H groups in total. The van der Waals surface area contributed by atoms with Crippen molar-refractivity contribution in [1.82, 2.24) is 10.3 Å². The molecular weight excluding hydrogens is 223 g/mol. The lowest BCUT2D eigenvalue weighted by atomic mass is 9.93. The topological polar surface area (TPSA) is 51.2 Å². The van der Waals surface area contributed by atoms with Gasteiger partial charge in [0.1, 0.15) is 5.82 Å². The van der Waals surface area contributed by atoms with Gasteiger partial charge in [-0.1, -0.05) is 6.92 Å². The third-order valence-electron chi connectivity index (χ3n) is 2.59. The van der Waals surface area contributed by atoms with Crippen molar-refractivity contribution < 1.29 is 13.9 Å². The molecule has 0 aliphatic carbocycles. The second-order valence-corrected chi connectivity index (χ2v) is 3.98. The summed E-state index contributed by atoms with van der Waals surface area (Å²) >= 11 is 0. The molecule has 1 aromatic rings. The summed E-state index contributed by atoms with van der Waals surface area (Å²) in [5.41, 5.74) is -0.0265. The smallest absolute Gasteiger partial charge is 0.307 e. The van der Waals surface area contributed by atoms with Crippen LogP contribution < -0.4 is 5.32 Å². The molecule has 0 amide bonds. The molecule has 0 aromatic carbocycles. The van der Waals surface area contributed by atoms with E-state index in [1.165, 1.54) is 13.2 Å². The molecule has 1 heterocycles. The van der Waals surface area contributed by atoms with Crippen molar-refractivity contribution in [2.24, 2.45) is 0 Å². The van der Waals surface area contributed by atoms with Gasteiger partial charge in [-0.05, 0) is 25.6 Å². The van der Waals surface area contributed by atoms with Gasteiger partial charge in [-0.15, -0.1) is 0 Å². The normalized spacial score (nSPS) is 14.1. The Morgan fingerprint density at radius 3 is 2.76 bits per heavy atom. The summed E-state index contributed by atoms with van der Waals surface area (Å²) in [6, 6.07) is 2.90. The van der Waals surface area contributed by atoms with E-state index >= 15 is 0 Å². The van der Waals surface area contributed by atoms with E-state index < -0.39 is 11.4 Å². The maximum atomic E-state index is 12.8. The fourth-order valence-corrected chi connectivity index (χ4v) is 1.70. The van der Waals surface area contributed by atoms with Crippen LogP contribution in [0.2, 0.25) is 0 Å². The third kappa shape index (κ3) is 3.49. The SMILES string of the molecule is CCNC(C)(CC(=O)OC)c1ccc(F)cn1. The predicted octanol–water partition coefficient (Wildman–Crippen LogP) is 1.61. The van der Waals surface area contributed by atoms with Crippen LogP contribution in [0.25, 0.3) is 0 Å². The average molecular weight is 240 g/mol. The molecule has 1 aromatic heterocycles. The van der Waals surface area contributed by atoms with Crippen LogP contribution in [-0.4, -0.2) is 24.6 Å². The van der Waals surface area contributed by atoms with E-state index in [2.05, 4.69) is 15.0 Å². The molecule has 1 atom stereocenters. The second kappa shape index (κ2) is 5.72. The molecule has 0 fully saturated rings. The van der Waals surface area contributed by atoms with Gasteiger partial charge in [0, 0.05) is 0 Å². The number of nitrogens with zero attached hydrogens (tertiary/aromatic N) is 1. The molecule has 0 saturated heterocycles. The first-order chi connectivity index (χ1) is 8.01. The molecule has 0 radical (unpaired) electrons. The number of hydrogen-bond donors (Lipinski definition) is 1. The summed E-state index contributed by atoms with van der Waals surface area (Å²) in [5, 5.41) is 3.17. The van der Waals surface area contributed by atoms with Gasteiger partial charge < -0.3 is 10.1 Å². The van der Waals surface area contributed by atoms with Crippen LogP contribution in [0.1, 0.15) is 26.0 Å². The Morgan fingerprint density at radius 1 is 1.59 bits per heavy atom. The summed E-state index contributed by atoms with van der Waals surface area (Å²) in [5.74, 6) is -0.731. The summed E-state index contributed by atoms with van der Waals surface area (Å²) in [4.78, 5) is 15.4. The zero-order valence-electron chi connectivity index (χ0n) is 10.3. The summed E-state index contributed by atoms with van der Waals surface area (Å²) in [6.45, 7) is 4.44. The molecule has 1 unspecified atom stereocenters. The van der Waals surface area contributed by atoms with Gasteiger partial charge in [0.05, 0.1) is 31.0 Å². The number of hydrogen-bond acceptors (Lipinski definition) is 4. The first kappa shape index (κ1) is 13.6. The minimum atomic E-state index is -0.643. The lowest BCUT2D eigenvalue weighted by Crippen LogP contribution is -2.42. The Morgan fingerprint density at radius 2 is 2.29 bits per heavy atom. The Kier molecular flexibility index (Phi) is 4.57. The van der Waals surface area contributed by atoms with E-state index in [9.17, 15) is 9.18 Å². The van der Waals surface area contributed by atoms with Crippen molar-refractivity contribution in [2.75, 3.05) is 13.7 Å². The van der Waals surface area contributed by atoms with E-state index in [4.69, 9.17) is 0 Å². The van der Waals surface area contributed by atoms with Crippen molar-refractivity contribution in [2.45, 2.75) is 25.8 Å². The lowest BCUT2D eigenvalue weighted by molar-refractivity contribution is -0.142. The Hall–Kier alpha value is -1.49. The highest BCUT2D eigenvalue weighted by molar-refractivity contribution is 5.71. The zero-order valence-corrected chi connectivity index (χ0v) is 10.3. The largest absolute Gasteiger partial charge is 0.469 e. The van der Waals surface area contributed by atoms with Gasteiger partial charge in [-0.3, -0.25) is 9.78 Å². The molecule has 0 aliphatic heterocycles. The molecule has 0 saturated carbocycles. The Labute approximate surface area is 100 Å². The quantitative estimate of drug-likeness (QED) is 0.794. The van der Waals surface area contributed by atoms with Crippen LogP contribution in [0.3, 0.4) is 0 Å².